The van der Waals surface area contributed by atoms with Crippen LogP contribution in [-0.2, 0) is 33.1 Å². The zero-order chi connectivity index (χ0) is 37.7. The van der Waals surface area contributed by atoms with Crippen LogP contribution >= 0.6 is 0 Å². The van der Waals surface area contributed by atoms with Gasteiger partial charge in [-0.1, -0.05) is 190 Å². The normalized spacial score (nSPS) is 11.7. The van der Waals surface area contributed by atoms with Crippen LogP contribution in [0.3, 0.4) is 0 Å². The Morgan fingerprint density at radius 3 is 1.00 bits per heavy atom. The average Bonchev–Trinajstić information content (AvgIpc) is 3.12. The number of fused-ring (bicyclic) bond motifs is 2. The average molecular weight is 791 g/mol. The number of benzene rings is 4. The quantitative estimate of drug-likeness (QED) is 0.0396. The maximum atomic E-state index is 11.6. The molecule has 0 saturated heterocycles. The van der Waals surface area contributed by atoms with Gasteiger partial charge in [0, 0.05) is 0 Å². The molecule has 0 aliphatic heterocycles. The molecule has 0 unspecified atom stereocenters. The minimum Gasteiger partial charge on any atom is -0.744 e. The number of hydrogen-bond donors (Lipinski definition) is 0. The Morgan fingerprint density at radius 2 is 0.698 bits per heavy atom. The van der Waals surface area contributed by atoms with Gasteiger partial charge in [0.15, 0.2) is 0 Å². The molecule has 0 aliphatic carbocycles. The SMILES string of the molecule is CCCCCCCCCCCCc1cc(S(=O)(=O)[O-])c2ccccc2c1.CCCCCCCCCCCCc1cc(S(=O)(=O)[O-])c2ccccc2c1.[Ca+2]. The van der Waals surface area contributed by atoms with E-state index >= 15 is 0 Å². The molecule has 0 atom stereocenters. The summed E-state index contributed by atoms with van der Waals surface area (Å²) in [6.07, 6.45) is 27.1. The number of unbranched alkanes of at least 4 members (excludes halogenated alkanes) is 18. The van der Waals surface area contributed by atoms with Crippen molar-refractivity contribution in [3.8, 4) is 0 Å². The molecule has 0 radical (unpaired) electrons. The van der Waals surface area contributed by atoms with E-state index in [9.17, 15) is 25.9 Å². The summed E-state index contributed by atoms with van der Waals surface area (Å²) in [5.41, 5.74) is 1.88. The van der Waals surface area contributed by atoms with Gasteiger partial charge in [-0.05, 0) is 70.5 Å². The first-order valence-corrected chi connectivity index (χ1v) is 22.8. The molecule has 0 heterocycles. The molecule has 0 aromatic heterocycles. The van der Waals surface area contributed by atoms with E-state index in [4.69, 9.17) is 0 Å². The molecular weight excluding hydrogens is 729 g/mol. The van der Waals surface area contributed by atoms with Crippen LogP contribution in [0.15, 0.2) is 82.6 Å². The number of hydrogen-bond acceptors (Lipinski definition) is 6. The summed E-state index contributed by atoms with van der Waals surface area (Å²) in [5.74, 6) is 0. The fraction of sp³-hybridized carbons (Fsp3) is 0.545. The van der Waals surface area contributed by atoms with E-state index in [0.29, 0.717) is 10.8 Å². The van der Waals surface area contributed by atoms with Gasteiger partial charge in [-0.3, -0.25) is 0 Å². The Morgan fingerprint density at radius 1 is 0.415 bits per heavy atom. The molecule has 0 saturated carbocycles. The van der Waals surface area contributed by atoms with Crippen LogP contribution in [0, 0.1) is 0 Å². The minimum atomic E-state index is -4.45. The first-order chi connectivity index (χ1) is 25.0. The maximum Gasteiger partial charge on any atom is 2.00 e. The van der Waals surface area contributed by atoms with Crippen molar-refractivity contribution in [3.63, 3.8) is 0 Å². The van der Waals surface area contributed by atoms with Crippen LogP contribution in [0.2, 0.25) is 0 Å². The van der Waals surface area contributed by atoms with E-state index in [2.05, 4.69) is 13.8 Å². The molecule has 4 aromatic carbocycles. The molecule has 0 aliphatic rings. The van der Waals surface area contributed by atoms with Gasteiger partial charge in [-0.25, -0.2) is 16.8 Å². The second kappa shape index (κ2) is 26.4. The van der Waals surface area contributed by atoms with Crippen LogP contribution in [0.5, 0.6) is 0 Å². The fourth-order valence-corrected chi connectivity index (χ4v) is 8.51. The first-order valence-electron chi connectivity index (χ1n) is 20.0. The van der Waals surface area contributed by atoms with Crippen molar-refractivity contribution in [3.05, 3.63) is 83.9 Å². The van der Waals surface area contributed by atoms with Gasteiger partial charge in [-0.15, -0.1) is 0 Å². The third-order valence-electron chi connectivity index (χ3n) is 9.94. The molecule has 4 aromatic rings. The van der Waals surface area contributed by atoms with Crippen molar-refractivity contribution in [2.24, 2.45) is 0 Å². The molecule has 0 spiro atoms. The summed E-state index contributed by atoms with van der Waals surface area (Å²) >= 11 is 0. The third kappa shape index (κ3) is 18.3. The van der Waals surface area contributed by atoms with Crippen molar-refractivity contribution in [2.45, 2.75) is 165 Å². The fourth-order valence-electron chi connectivity index (χ4n) is 7.01. The molecule has 0 bridgehead atoms. The Hall–Kier alpha value is -1.52. The largest absolute Gasteiger partial charge is 2.00 e. The predicted octanol–water partition coefficient (Wildman–Crippen LogP) is 12.0. The van der Waals surface area contributed by atoms with Crippen molar-refractivity contribution >= 4 is 79.5 Å². The van der Waals surface area contributed by atoms with Gasteiger partial charge in [0.1, 0.15) is 20.2 Å². The maximum absolute atomic E-state index is 11.6. The van der Waals surface area contributed by atoms with Gasteiger partial charge in [0.05, 0.1) is 9.79 Å². The van der Waals surface area contributed by atoms with Gasteiger partial charge in [-0.2, -0.15) is 0 Å². The van der Waals surface area contributed by atoms with Crippen LogP contribution in [0.25, 0.3) is 21.5 Å². The van der Waals surface area contributed by atoms with Crippen LogP contribution in [0.4, 0.5) is 0 Å². The molecule has 6 nitrogen and oxygen atoms in total. The second-order valence-electron chi connectivity index (χ2n) is 14.4. The van der Waals surface area contributed by atoms with E-state index in [1.807, 2.05) is 36.4 Å². The summed E-state index contributed by atoms with van der Waals surface area (Å²) in [6, 6.07) is 21.6. The summed E-state index contributed by atoms with van der Waals surface area (Å²) in [5, 5.41) is 2.70. The number of aryl methyl sites for hydroxylation is 2. The van der Waals surface area contributed by atoms with Crippen molar-refractivity contribution < 1.29 is 25.9 Å². The summed E-state index contributed by atoms with van der Waals surface area (Å²) in [7, 11) is -8.91. The predicted molar refractivity (Wildman–Crippen MR) is 221 cm³/mol. The van der Waals surface area contributed by atoms with E-state index in [1.165, 1.54) is 103 Å². The summed E-state index contributed by atoms with van der Waals surface area (Å²) in [4.78, 5) is -0.171. The topological polar surface area (TPSA) is 114 Å². The van der Waals surface area contributed by atoms with E-state index in [-0.39, 0.29) is 47.5 Å². The van der Waals surface area contributed by atoms with Crippen molar-refractivity contribution in [2.75, 3.05) is 0 Å². The van der Waals surface area contributed by atoms with E-state index in [1.54, 1.807) is 36.4 Å². The van der Waals surface area contributed by atoms with Gasteiger partial charge in [0.2, 0.25) is 0 Å². The van der Waals surface area contributed by atoms with Gasteiger partial charge >= 0.3 is 37.7 Å². The molecule has 4 rings (SSSR count). The Balaban J connectivity index is 0.000000360. The Bertz CT molecular complexity index is 1700. The van der Waals surface area contributed by atoms with Crippen LogP contribution in [0.1, 0.15) is 153 Å². The zero-order valence-corrected chi connectivity index (χ0v) is 36.3. The van der Waals surface area contributed by atoms with E-state index in [0.717, 1.165) is 60.4 Å². The molecule has 0 amide bonds. The second-order valence-corrected chi connectivity index (χ2v) is 17.1. The monoisotopic (exact) mass is 790 g/mol. The standard InChI is InChI=1S/2C22H32O3S.Ca/c2*1-2-3-4-5-6-7-8-9-10-11-14-19-17-20-15-12-13-16-21(20)22(18-19)26(23,24)25;/h2*12-13,15-18H,2-11,14H2,1H3,(H,23,24,25);/q;;+2/p-2. The van der Waals surface area contributed by atoms with E-state index < -0.39 is 20.2 Å². The van der Waals surface area contributed by atoms with Crippen LogP contribution in [-0.4, -0.2) is 63.7 Å². The molecule has 288 valence electrons. The third-order valence-corrected chi connectivity index (χ3v) is 11.7. The number of rotatable bonds is 24. The Kier molecular flexibility index (Phi) is 23.7. The van der Waals surface area contributed by atoms with Crippen molar-refractivity contribution in [1.82, 2.24) is 0 Å². The first kappa shape index (κ1) is 47.6. The zero-order valence-electron chi connectivity index (χ0n) is 32.5. The van der Waals surface area contributed by atoms with Crippen molar-refractivity contribution in [1.29, 1.82) is 0 Å². The van der Waals surface area contributed by atoms with Gasteiger partial charge < -0.3 is 9.11 Å². The molecule has 9 heteroatoms. The summed E-state index contributed by atoms with van der Waals surface area (Å²) < 4.78 is 69.5. The van der Waals surface area contributed by atoms with Gasteiger partial charge in [0.25, 0.3) is 0 Å². The molecule has 53 heavy (non-hydrogen) atoms. The summed E-state index contributed by atoms with van der Waals surface area (Å²) in [6.45, 7) is 4.48. The molecule has 0 fully saturated rings. The molecule has 0 N–H and O–H groups in total. The van der Waals surface area contributed by atoms with Crippen LogP contribution < -0.4 is 0 Å². The molecular formula is C44H62CaO6S2. The smallest absolute Gasteiger partial charge is 0.744 e. The minimum absolute atomic E-state index is 0. The Labute approximate surface area is 351 Å².